The number of carboxylic acids is 1. The van der Waals surface area contributed by atoms with E-state index in [2.05, 4.69) is 0 Å². The minimum Gasteiger partial charge on any atom is -0.478 e. The number of hydrogen-bond donors (Lipinski definition) is 2. The molecule has 1 rings (SSSR count). The zero-order valence-electron chi connectivity index (χ0n) is 11.1. The lowest BCUT2D eigenvalue weighted by atomic mass is 10.1. The minimum absolute atomic E-state index is 0.00112. The standard InChI is InChI=1S/C13H17FO5S/c1-9-7-10(8-11(12(9)14)13(16)17)20(18,19)6-4-2-3-5-15/h7-8,15H,2-6H2,1H3,(H,16,17). The number of benzene rings is 1. The second kappa shape index (κ2) is 6.81. The van der Waals surface area contributed by atoms with E-state index >= 15 is 0 Å². The lowest BCUT2D eigenvalue weighted by Gasteiger charge is -2.08. The Bertz CT molecular complexity index is 595. The zero-order valence-corrected chi connectivity index (χ0v) is 11.9. The molecule has 0 saturated carbocycles. The number of aromatic carboxylic acids is 1. The predicted molar refractivity (Wildman–Crippen MR) is 71.1 cm³/mol. The van der Waals surface area contributed by atoms with E-state index in [0.717, 1.165) is 12.1 Å². The number of unbranched alkanes of at least 4 members (excludes halogenated alkanes) is 2. The van der Waals surface area contributed by atoms with Crippen molar-refractivity contribution >= 4 is 15.8 Å². The number of halogens is 1. The van der Waals surface area contributed by atoms with E-state index in [1.807, 2.05) is 0 Å². The van der Waals surface area contributed by atoms with Gasteiger partial charge in [0.1, 0.15) is 5.82 Å². The van der Waals surface area contributed by atoms with E-state index in [0.29, 0.717) is 19.3 Å². The van der Waals surface area contributed by atoms with Gasteiger partial charge in [0, 0.05) is 6.61 Å². The van der Waals surface area contributed by atoms with E-state index in [9.17, 15) is 17.6 Å². The molecule has 0 spiro atoms. The Morgan fingerprint density at radius 2 is 1.90 bits per heavy atom. The molecule has 1 aromatic rings. The number of carboxylic acid groups (broad SMARTS) is 1. The third kappa shape index (κ3) is 4.01. The molecule has 7 heteroatoms. The molecule has 0 atom stereocenters. The van der Waals surface area contributed by atoms with E-state index in [4.69, 9.17) is 10.2 Å². The van der Waals surface area contributed by atoms with Crippen LogP contribution in [0.25, 0.3) is 0 Å². The van der Waals surface area contributed by atoms with Gasteiger partial charge in [-0.05, 0) is 37.5 Å². The van der Waals surface area contributed by atoms with E-state index < -0.39 is 27.2 Å². The molecule has 0 aliphatic carbocycles. The summed E-state index contributed by atoms with van der Waals surface area (Å²) in [4.78, 5) is 10.7. The minimum atomic E-state index is -3.65. The van der Waals surface area contributed by atoms with Crippen LogP contribution in [0.5, 0.6) is 0 Å². The van der Waals surface area contributed by atoms with Crippen LogP contribution in [-0.4, -0.2) is 37.0 Å². The van der Waals surface area contributed by atoms with Gasteiger partial charge in [-0.3, -0.25) is 0 Å². The van der Waals surface area contributed by atoms with Gasteiger partial charge in [-0.15, -0.1) is 0 Å². The average Bonchev–Trinajstić information content (AvgIpc) is 2.37. The van der Waals surface area contributed by atoms with Crippen molar-refractivity contribution in [2.45, 2.75) is 31.1 Å². The van der Waals surface area contributed by atoms with Gasteiger partial charge in [0.25, 0.3) is 0 Å². The molecule has 0 saturated heterocycles. The number of rotatable bonds is 7. The molecular formula is C13H17FO5S. The van der Waals surface area contributed by atoms with Gasteiger partial charge in [0.05, 0.1) is 16.2 Å². The SMILES string of the molecule is Cc1cc(S(=O)(=O)CCCCCO)cc(C(=O)O)c1F. The number of aliphatic hydroxyl groups excluding tert-OH is 1. The maximum Gasteiger partial charge on any atom is 0.338 e. The van der Waals surface area contributed by atoms with Gasteiger partial charge in [-0.2, -0.15) is 0 Å². The van der Waals surface area contributed by atoms with Gasteiger partial charge in [0.2, 0.25) is 0 Å². The van der Waals surface area contributed by atoms with Gasteiger partial charge in [-0.25, -0.2) is 17.6 Å². The first kappa shape index (κ1) is 16.6. The fraction of sp³-hybridized carbons (Fsp3) is 0.462. The first-order valence-electron chi connectivity index (χ1n) is 6.16. The van der Waals surface area contributed by atoms with Crippen molar-refractivity contribution < 1.29 is 27.8 Å². The Morgan fingerprint density at radius 3 is 2.45 bits per heavy atom. The van der Waals surface area contributed by atoms with Gasteiger partial charge < -0.3 is 10.2 Å². The van der Waals surface area contributed by atoms with Crippen LogP contribution in [0.3, 0.4) is 0 Å². The zero-order chi connectivity index (χ0) is 15.3. The Hall–Kier alpha value is -1.47. The number of aryl methyl sites for hydroxylation is 1. The summed E-state index contributed by atoms with van der Waals surface area (Å²) in [6.07, 6.45) is 1.43. The summed E-state index contributed by atoms with van der Waals surface area (Å²) in [7, 11) is -3.65. The molecule has 0 unspecified atom stereocenters. The lowest BCUT2D eigenvalue weighted by Crippen LogP contribution is -2.11. The molecule has 0 aliphatic heterocycles. The molecule has 2 N–H and O–H groups in total. The Kier molecular flexibility index (Phi) is 5.64. The molecule has 5 nitrogen and oxygen atoms in total. The van der Waals surface area contributed by atoms with Crippen LogP contribution >= 0.6 is 0 Å². The third-order valence-electron chi connectivity index (χ3n) is 2.89. The van der Waals surface area contributed by atoms with Crippen LogP contribution in [-0.2, 0) is 9.84 Å². The number of carbonyl (C=O) groups is 1. The molecule has 20 heavy (non-hydrogen) atoms. The maximum absolute atomic E-state index is 13.6. The number of sulfone groups is 1. The fourth-order valence-electron chi connectivity index (χ4n) is 1.77. The van der Waals surface area contributed by atoms with Crippen molar-refractivity contribution in [3.05, 3.63) is 29.1 Å². The van der Waals surface area contributed by atoms with Gasteiger partial charge in [-0.1, -0.05) is 6.42 Å². The fourth-order valence-corrected chi connectivity index (χ4v) is 3.24. The normalized spacial score (nSPS) is 11.6. The second-order valence-electron chi connectivity index (χ2n) is 4.51. The number of aliphatic hydroxyl groups is 1. The highest BCUT2D eigenvalue weighted by Gasteiger charge is 2.21. The van der Waals surface area contributed by atoms with Crippen molar-refractivity contribution in [2.24, 2.45) is 0 Å². The Labute approximate surface area is 117 Å². The summed E-state index contributed by atoms with van der Waals surface area (Å²) in [6, 6.07) is 2.00. The highest BCUT2D eigenvalue weighted by Crippen LogP contribution is 2.21. The lowest BCUT2D eigenvalue weighted by molar-refractivity contribution is 0.0691. The summed E-state index contributed by atoms with van der Waals surface area (Å²) >= 11 is 0. The van der Waals surface area contributed by atoms with Gasteiger partial charge in [0.15, 0.2) is 9.84 Å². The molecular weight excluding hydrogens is 287 g/mol. The van der Waals surface area contributed by atoms with Crippen molar-refractivity contribution in [3.8, 4) is 0 Å². The van der Waals surface area contributed by atoms with Crippen molar-refractivity contribution in [2.75, 3.05) is 12.4 Å². The van der Waals surface area contributed by atoms with Crippen LogP contribution in [0.4, 0.5) is 4.39 Å². The molecule has 112 valence electrons. The van der Waals surface area contributed by atoms with Crippen LogP contribution < -0.4 is 0 Å². The summed E-state index contributed by atoms with van der Waals surface area (Å²) < 4.78 is 37.7. The molecule has 0 heterocycles. The summed E-state index contributed by atoms with van der Waals surface area (Å²) in [5.74, 6) is -2.57. The monoisotopic (exact) mass is 304 g/mol. The third-order valence-corrected chi connectivity index (χ3v) is 4.67. The topological polar surface area (TPSA) is 91.7 Å². The van der Waals surface area contributed by atoms with E-state index in [1.165, 1.54) is 6.92 Å². The molecule has 0 bridgehead atoms. The smallest absolute Gasteiger partial charge is 0.338 e. The first-order valence-corrected chi connectivity index (χ1v) is 7.82. The van der Waals surface area contributed by atoms with Crippen LogP contribution in [0.2, 0.25) is 0 Å². The molecule has 0 fully saturated rings. The van der Waals surface area contributed by atoms with Crippen molar-refractivity contribution in [1.29, 1.82) is 0 Å². The average molecular weight is 304 g/mol. The molecule has 0 aliphatic rings. The van der Waals surface area contributed by atoms with E-state index in [1.54, 1.807) is 0 Å². The van der Waals surface area contributed by atoms with Crippen LogP contribution in [0.15, 0.2) is 17.0 Å². The molecule has 0 radical (unpaired) electrons. The molecule has 0 amide bonds. The number of hydrogen-bond acceptors (Lipinski definition) is 4. The van der Waals surface area contributed by atoms with Crippen molar-refractivity contribution in [3.63, 3.8) is 0 Å². The Balaban J connectivity index is 3.04. The van der Waals surface area contributed by atoms with Crippen molar-refractivity contribution in [1.82, 2.24) is 0 Å². The summed E-state index contributed by atoms with van der Waals surface area (Å²) in [6.45, 7) is 1.32. The van der Waals surface area contributed by atoms with Crippen LogP contribution in [0.1, 0.15) is 35.2 Å². The maximum atomic E-state index is 13.6. The predicted octanol–water partition coefficient (Wildman–Crippen LogP) is 1.77. The van der Waals surface area contributed by atoms with Crippen LogP contribution in [0, 0.1) is 12.7 Å². The highest BCUT2D eigenvalue weighted by atomic mass is 32.2. The summed E-state index contributed by atoms with van der Waals surface area (Å²) in [5.41, 5.74) is -0.655. The molecule has 0 aromatic heterocycles. The molecule has 1 aromatic carbocycles. The quantitative estimate of drug-likeness (QED) is 0.591. The van der Waals surface area contributed by atoms with Gasteiger partial charge >= 0.3 is 5.97 Å². The first-order chi connectivity index (χ1) is 9.29. The summed E-state index contributed by atoms with van der Waals surface area (Å²) in [5, 5.41) is 17.5. The van der Waals surface area contributed by atoms with E-state index in [-0.39, 0.29) is 22.8 Å². The highest BCUT2D eigenvalue weighted by molar-refractivity contribution is 7.91. The second-order valence-corrected chi connectivity index (χ2v) is 6.62. The Morgan fingerprint density at radius 1 is 1.25 bits per heavy atom. The largest absolute Gasteiger partial charge is 0.478 e.